The van der Waals surface area contributed by atoms with Gasteiger partial charge in [-0.3, -0.25) is 9.54 Å². The number of nitrogens with zero attached hydrogens (tertiary/aromatic N) is 4. The molecule has 4 rings (SSSR count). The summed E-state index contributed by atoms with van der Waals surface area (Å²) in [5.41, 5.74) is -4.08. The predicted octanol–water partition coefficient (Wildman–Crippen LogP) is 1.46. The topological polar surface area (TPSA) is 157 Å². The van der Waals surface area contributed by atoms with Crippen LogP contribution in [0.4, 0.5) is 13.2 Å². The standard InChI is InChI=1S/C19H16BrF3N4O7S2/c20-10-3-9(4-24-5-10)19(16(29)14(7-28)33-18(35)17(19)34-36(30,31)32)27-6-13(25-26-27)8-1-11(21)15(23)12(22)2-8/h1-6,14,16-18,28-29,35H,7H2,(H,30,31,32)/t14-,16+,17+,18-,19+/m0/s1. The zero-order valence-corrected chi connectivity index (χ0v) is 20.9. The Balaban J connectivity index is 2.00. The number of aliphatic hydroxyl groups excluding tert-OH is 2. The van der Waals surface area contributed by atoms with Crippen molar-refractivity contribution in [2.24, 2.45) is 0 Å². The van der Waals surface area contributed by atoms with E-state index in [9.17, 15) is 36.4 Å². The summed E-state index contributed by atoms with van der Waals surface area (Å²) in [6, 6.07) is 2.73. The third-order valence-corrected chi connectivity index (χ3v) is 6.81. The first-order valence-corrected chi connectivity index (χ1v) is 12.5. The summed E-state index contributed by atoms with van der Waals surface area (Å²) in [6.45, 7) is -0.768. The van der Waals surface area contributed by atoms with Crippen LogP contribution in [0, 0.1) is 17.5 Å². The average Bonchev–Trinajstić information content (AvgIpc) is 3.29. The summed E-state index contributed by atoms with van der Waals surface area (Å²) < 4.78 is 85.7. The Morgan fingerprint density at radius 3 is 2.47 bits per heavy atom. The molecule has 3 aromatic rings. The fraction of sp³-hybridized carbons (Fsp3) is 0.316. The third kappa shape index (κ3) is 4.76. The van der Waals surface area contributed by atoms with Crippen molar-refractivity contribution in [2.75, 3.05) is 6.61 Å². The molecule has 3 N–H and O–H groups in total. The summed E-state index contributed by atoms with van der Waals surface area (Å²) in [4.78, 5) is 4.01. The number of halogens is 4. The molecule has 0 bridgehead atoms. The van der Waals surface area contributed by atoms with Gasteiger partial charge in [0.1, 0.15) is 29.4 Å². The zero-order chi connectivity index (χ0) is 26.4. The Bertz CT molecular complexity index is 1380. The molecule has 0 aliphatic carbocycles. The van der Waals surface area contributed by atoms with Gasteiger partial charge in [-0.05, 0) is 34.1 Å². The van der Waals surface area contributed by atoms with E-state index in [0.29, 0.717) is 16.6 Å². The van der Waals surface area contributed by atoms with Gasteiger partial charge in [0.05, 0.1) is 12.8 Å². The van der Waals surface area contributed by atoms with Gasteiger partial charge in [-0.15, -0.1) is 17.7 Å². The molecule has 0 unspecified atom stereocenters. The summed E-state index contributed by atoms with van der Waals surface area (Å²) in [5, 5.41) is 29.0. The van der Waals surface area contributed by atoms with Crippen LogP contribution in [0.25, 0.3) is 11.3 Å². The van der Waals surface area contributed by atoms with Gasteiger partial charge in [0, 0.05) is 28.0 Å². The quantitative estimate of drug-likeness (QED) is 0.182. The molecule has 17 heteroatoms. The number of thiol groups is 1. The summed E-state index contributed by atoms with van der Waals surface area (Å²) >= 11 is 7.42. The van der Waals surface area contributed by atoms with Gasteiger partial charge < -0.3 is 14.9 Å². The van der Waals surface area contributed by atoms with Crippen molar-refractivity contribution in [1.82, 2.24) is 20.0 Å². The van der Waals surface area contributed by atoms with E-state index >= 15 is 0 Å². The van der Waals surface area contributed by atoms with Gasteiger partial charge in [0.2, 0.25) is 0 Å². The first-order valence-electron chi connectivity index (χ1n) is 9.85. The lowest BCUT2D eigenvalue weighted by atomic mass is 9.76. The molecule has 1 aliphatic rings. The van der Waals surface area contributed by atoms with Crippen LogP contribution in [-0.2, 0) is 24.9 Å². The van der Waals surface area contributed by atoms with Gasteiger partial charge in [0.25, 0.3) is 0 Å². The normalized spacial score (nSPS) is 26.8. The van der Waals surface area contributed by atoms with Crippen LogP contribution in [0.1, 0.15) is 5.56 Å². The first-order chi connectivity index (χ1) is 16.9. The lowest BCUT2D eigenvalue weighted by Crippen LogP contribution is -2.68. The number of hydrogen-bond acceptors (Lipinski definition) is 10. The van der Waals surface area contributed by atoms with Crippen LogP contribution in [0.2, 0.25) is 0 Å². The van der Waals surface area contributed by atoms with Gasteiger partial charge in [-0.25, -0.2) is 22.0 Å². The van der Waals surface area contributed by atoms with Gasteiger partial charge in [-0.2, -0.15) is 8.42 Å². The molecule has 1 aromatic carbocycles. The van der Waals surface area contributed by atoms with E-state index < -0.39 is 63.7 Å². The molecule has 1 fully saturated rings. The van der Waals surface area contributed by atoms with E-state index in [1.807, 2.05) is 0 Å². The Morgan fingerprint density at radius 2 is 1.89 bits per heavy atom. The first kappa shape index (κ1) is 26.9. The van der Waals surface area contributed by atoms with Crippen molar-refractivity contribution in [3.63, 3.8) is 0 Å². The van der Waals surface area contributed by atoms with Crippen LogP contribution >= 0.6 is 28.6 Å². The fourth-order valence-corrected chi connectivity index (χ4v) is 5.43. The zero-order valence-electron chi connectivity index (χ0n) is 17.6. The Morgan fingerprint density at radius 1 is 1.22 bits per heavy atom. The van der Waals surface area contributed by atoms with Crippen LogP contribution < -0.4 is 0 Å². The molecule has 0 amide bonds. The van der Waals surface area contributed by atoms with Gasteiger partial charge in [-0.1, -0.05) is 5.21 Å². The molecule has 2 aromatic heterocycles. The van der Waals surface area contributed by atoms with Crippen molar-refractivity contribution in [3.8, 4) is 11.3 Å². The van der Waals surface area contributed by atoms with Crippen molar-refractivity contribution >= 4 is 39.0 Å². The minimum atomic E-state index is -5.20. The Labute approximate surface area is 215 Å². The molecular weight excluding hydrogens is 597 g/mol. The van der Waals surface area contributed by atoms with Crippen LogP contribution in [0.5, 0.6) is 0 Å². The number of pyridine rings is 1. The minimum absolute atomic E-state index is 0.0340. The number of aromatic nitrogens is 4. The van der Waals surface area contributed by atoms with Crippen LogP contribution in [-0.4, -0.2) is 73.5 Å². The smallest absolute Gasteiger partial charge is 0.394 e. The molecule has 0 spiro atoms. The van der Waals surface area contributed by atoms with Crippen LogP contribution in [0.15, 0.2) is 41.3 Å². The molecule has 0 saturated carbocycles. The highest BCUT2D eigenvalue weighted by atomic mass is 79.9. The Kier molecular flexibility index (Phi) is 7.46. The van der Waals surface area contributed by atoms with Crippen molar-refractivity contribution in [1.29, 1.82) is 0 Å². The highest BCUT2D eigenvalue weighted by Gasteiger charge is 2.61. The van der Waals surface area contributed by atoms with Crippen molar-refractivity contribution in [2.45, 2.75) is 29.3 Å². The highest BCUT2D eigenvalue weighted by Crippen LogP contribution is 2.45. The third-order valence-electron chi connectivity index (χ3n) is 5.53. The molecule has 11 nitrogen and oxygen atoms in total. The van der Waals surface area contributed by atoms with E-state index in [2.05, 4.69) is 43.9 Å². The van der Waals surface area contributed by atoms with E-state index in [4.69, 9.17) is 8.92 Å². The lowest BCUT2D eigenvalue weighted by molar-refractivity contribution is -0.199. The SMILES string of the molecule is O=S(=O)(O)O[C@@H]1[C@H](S)O[C@@H](CO)[C@@H](O)[C@@]1(c1cncc(Br)c1)n1cc(-c2cc(F)c(F)c(F)c2)nn1. The maximum atomic E-state index is 13.8. The number of rotatable bonds is 6. The van der Waals surface area contributed by atoms with E-state index in [1.165, 1.54) is 18.5 Å². The maximum absolute atomic E-state index is 13.8. The summed E-state index contributed by atoms with van der Waals surface area (Å²) in [6.07, 6.45) is -1.43. The second-order valence-corrected chi connectivity index (χ2v) is 10.1. The molecule has 1 aliphatic heterocycles. The molecule has 3 heterocycles. The second-order valence-electron chi connectivity index (χ2n) is 7.66. The minimum Gasteiger partial charge on any atom is -0.394 e. The van der Waals surface area contributed by atoms with Gasteiger partial charge in [0.15, 0.2) is 23.0 Å². The van der Waals surface area contributed by atoms with Gasteiger partial charge >= 0.3 is 10.4 Å². The van der Waals surface area contributed by atoms with Crippen molar-refractivity contribution in [3.05, 3.63) is 64.3 Å². The van der Waals surface area contributed by atoms with Crippen LogP contribution in [0.3, 0.4) is 0 Å². The summed E-state index contributed by atoms with van der Waals surface area (Å²) in [7, 11) is -5.20. The molecular formula is C19H16BrF3N4O7S2. The summed E-state index contributed by atoms with van der Waals surface area (Å²) in [5.74, 6) is -4.70. The number of aliphatic hydroxyl groups is 2. The average molecular weight is 613 g/mol. The van der Waals surface area contributed by atoms with E-state index in [1.54, 1.807) is 0 Å². The lowest BCUT2D eigenvalue weighted by Gasteiger charge is -2.50. The predicted molar refractivity (Wildman–Crippen MR) is 122 cm³/mol. The second kappa shape index (κ2) is 9.97. The van der Waals surface area contributed by atoms with E-state index in [0.717, 1.165) is 10.9 Å². The Hall–Kier alpha value is -2.12. The number of benzene rings is 1. The van der Waals surface area contributed by atoms with Crippen molar-refractivity contribution < 1.29 is 45.3 Å². The number of hydrogen-bond donors (Lipinski definition) is 4. The number of ether oxygens (including phenoxy) is 1. The largest absolute Gasteiger partial charge is 0.397 e. The fourth-order valence-electron chi connectivity index (χ4n) is 4.03. The molecule has 1 saturated heterocycles. The molecule has 194 valence electrons. The molecule has 0 radical (unpaired) electrons. The van der Waals surface area contributed by atoms with E-state index in [-0.39, 0.29) is 16.8 Å². The monoisotopic (exact) mass is 612 g/mol. The maximum Gasteiger partial charge on any atom is 0.397 e. The molecule has 36 heavy (non-hydrogen) atoms. The molecule has 5 atom stereocenters. The highest BCUT2D eigenvalue weighted by molar-refractivity contribution is 9.10.